The molecule has 3 N–H and O–H groups in total. The molecule has 0 saturated heterocycles. The highest BCUT2D eigenvalue weighted by Crippen LogP contribution is 2.61. The minimum Gasteiger partial charge on any atom is -0.508 e. The summed E-state index contributed by atoms with van der Waals surface area (Å²) in [6.45, 7) is 2.63. The Morgan fingerprint density at radius 1 is 1.10 bits per heavy atom. The van der Waals surface area contributed by atoms with Gasteiger partial charge in [0.2, 0.25) is 0 Å². The lowest BCUT2D eigenvalue weighted by molar-refractivity contribution is -0.141. The summed E-state index contributed by atoms with van der Waals surface area (Å²) in [5.41, 5.74) is 6.06. The normalized spacial score (nSPS) is 19.7. The Hall–Kier alpha value is -3.91. The summed E-state index contributed by atoms with van der Waals surface area (Å²) in [6.07, 6.45) is 4.66. The van der Waals surface area contributed by atoms with E-state index in [0.29, 0.717) is 24.7 Å². The molecule has 0 radical (unpaired) electrons. The van der Waals surface area contributed by atoms with Crippen LogP contribution in [0.25, 0.3) is 11.1 Å². The van der Waals surface area contributed by atoms with E-state index in [1.807, 2.05) is 25.2 Å². The standard InChI is InChI=1S/C33H37NO7/c1-19(35)40-18-25-23-7-8-24-29-21(14-22(36)16-28(29)38-3)17-33(10-4-5-11-33)30(24)32(23)41-31(25)20-6-9-26(37)27(15-20)39-13-12-34-2/h6-9,14-16,25,31,34,36-37H,4-5,10-13,17-18H2,1-3H3/t25-,31+/m0/s1. The fourth-order valence-electron chi connectivity index (χ4n) is 7.09. The van der Waals surface area contributed by atoms with E-state index in [9.17, 15) is 15.0 Å². The van der Waals surface area contributed by atoms with Crippen LogP contribution in [0, 0.1) is 0 Å². The molecule has 0 bridgehead atoms. The molecule has 2 atom stereocenters. The van der Waals surface area contributed by atoms with Crippen LogP contribution in [0.3, 0.4) is 0 Å². The SMILES string of the molecule is CNCCOc1cc([C@H]2Oc3c(ccc4c3C3(CCCC3)Cc3cc(O)cc(OC)c3-4)[C@@H]2COC(C)=O)ccc1O. The van der Waals surface area contributed by atoms with Crippen LogP contribution in [0.4, 0.5) is 0 Å². The van der Waals surface area contributed by atoms with Gasteiger partial charge in [0.25, 0.3) is 0 Å². The first-order valence-electron chi connectivity index (χ1n) is 14.3. The van der Waals surface area contributed by atoms with Crippen molar-refractivity contribution in [3.05, 3.63) is 64.7 Å². The second-order valence-corrected chi connectivity index (χ2v) is 11.4. The summed E-state index contributed by atoms with van der Waals surface area (Å²) < 4.78 is 24.1. The predicted octanol–water partition coefficient (Wildman–Crippen LogP) is 5.52. The third-order valence-corrected chi connectivity index (χ3v) is 8.86. The van der Waals surface area contributed by atoms with Crippen molar-refractivity contribution in [3.8, 4) is 39.9 Å². The highest BCUT2D eigenvalue weighted by atomic mass is 16.5. The van der Waals surface area contributed by atoms with Crippen molar-refractivity contribution in [1.82, 2.24) is 5.32 Å². The van der Waals surface area contributed by atoms with Gasteiger partial charge in [-0.05, 0) is 61.2 Å². The molecule has 2 aliphatic carbocycles. The molecule has 8 nitrogen and oxygen atoms in total. The van der Waals surface area contributed by atoms with Crippen molar-refractivity contribution < 1.29 is 34.0 Å². The summed E-state index contributed by atoms with van der Waals surface area (Å²) in [4.78, 5) is 11.9. The van der Waals surface area contributed by atoms with E-state index < -0.39 is 6.10 Å². The number of likely N-dealkylation sites (N-methyl/N-ethyl adjacent to an activating group) is 1. The molecule has 41 heavy (non-hydrogen) atoms. The molecular formula is C33H37NO7. The van der Waals surface area contributed by atoms with Gasteiger partial charge in [-0.1, -0.05) is 31.0 Å². The summed E-state index contributed by atoms with van der Waals surface area (Å²) in [7, 11) is 3.47. The number of carbonyl (C=O) groups excluding carboxylic acids is 1. The van der Waals surface area contributed by atoms with Gasteiger partial charge in [-0.2, -0.15) is 0 Å². The fraction of sp³-hybridized carbons (Fsp3) is 0.424. The molecule has 1 fully saturated rings. The van der Waals surface area contributed by atoms with Crippen LogP contribution in [0.1, 0.15) is 66.9 Å². The molecule has 8 heteroatoms. The molecule has 1 aliphatic heterocycles. The molecule has 3 aliphatic rings. The number of aromatic hydroxyl groups is 2. The number of esters is 1. The number of phenols is 2. The molecule has 216 valence electrons. The van der Waals surface area contributed by atoms with Crippen LogP contribution in [-0.2, 0) is 21.4 Å². The lowest BCUT2D eigenvalue weighted by Gasteiger charge is -2.39. The van der Waals surface area contributed by atoms with E-state index in [-0.39, 0.29) is 35.4 Å². The molecule has 0 aromatic heterocycles. The summed E-state index contributed by atoms with van der Waals surface area (Å²) in [5.74, 6) is 1.55. The van der Waals surface area contributed by atoms with Crippen molar-refractivity contribution in [1.29, 1.82) is 0 Å². The van der Waals surface area contributed by atoms with Crippen molar-refractivity contribution in [2.45, 2.75) is 56.5 Å². The zero-order chi connectivity index (χ0) is 28.7. The zero-order valence-electron chi connectivity index (χ0n) is 23.8. The molecule has 0 unspecified atom stereocenters. The van der Waals surface area contributed by atoms with E-state index in [0.717, 1.165) is 65.7 Å². The van der Waals surface area contributed by atoms with Crippen LogP contribution in [0.15, 0.2) is 42.5 Å². The van der Waals surface area contributed by atoms with Gasteiger partial charge in [0.15, 0.2) is 11.5 Å². The number of hydrogen-bond donors (Lipinski definition) is 3. The molecule has 0 amide bonds. The topological polar surface area (TPSA) is 106 Å². The summed E-state index contributed by atoms with van der Waals surface area (Å²) in [5, 5.41) is 24.0. The molecular weight excluding hydrogens is 522 g/mol. The van der Waals surface area contributed by atoms with Crippen molar-refractivity contribution in [3.63, 3.8) is 0 Å². The Balaban J connectivity index is 1.49. The quantitative estimate of drug-likeness (QED) is 0.245. The third kappa shape index (κ3) is 4.74. The van der Waals surface area contributed by atoms with Gasteiger partial charge in [-0.15, -0.1) is 0 Å². The maximum atomic E-state index is 11.9. The van der Waals surface area contributed by atoms with Gasteiger partial charge in [0.1, 0.15) is 36.6 Å². The van der Waals surface area contributed by atoms with Crippen LogP contribution in [-0.4, -0.2) is 50.1 Å². The maximum Gasteiger partial charge on any atom is 0.302 e. The van der Waals surface area contributed by atoms with E-state index >= 15 is 0 Å². The Bertz CT molecular complexity index is 1480. The number of nitrogens with one attached hydrogen (secondary N) is 1. The smallest absolute Gasteiger partial charge is 0.302 e. The number of hydrogen-bond acceptors (Lipinski definition) is 8. The van der Waals surface area contributed by atoms with Gasteiger partial charge in [-0.25, -0.2) is 0 Å². The van der Waals surface area contributed by atoms with E-state index in [2.05, 4.69) is 17.4 Å². The Morgan fingerprint density at radius 2 is 1.90 bits per heavy atom. The zero-order valence-corrected chi connectivity index (χ0v) is 23.8. The van der Waals surface area contributed by atoms with Crippen molar-refractivity contribution >= 4 is 5.97 Å². The highest BCUT2D eigenvalue weighted by Gasteiger charge is 2.48. The van der Waals surface area contributed by atoms with Crippen LogP contribution in [0.2, 0.25) is 0 Å². The van der Waals surface area contributed by atoms with Crippen molar-refractivity contribution in [2.75, 3.05) is 33.9 Å². The largest absolute Gasteiger partial charge is 0.508 e. The van der Waals surface area contributed by atoms with E-state index in [1.54, 1.807) is 19.2 Å². The second-order valence-electron chi connectivity index (χ2n) is 11.4. The second kappa shape index (κ2) is 10.8. The van der Waals surface area contributed by atoms with E-state index in [4.69, 9.17) is 18.9 Å². The molecule has 3 aromatic rings. The lowest BCUT2D eigenvalue weighted by atomic mass is 9.65. The van der Waals surface area contributed by atoms with Crippen LogP contribution < -0.4 is 19.5 Å². The molecule has 1 saturated carbocycles. The molecule has 1 spiro atoms. The number of fused-ring (bicyclic) bond motifs is 6. The minimum atomic E-state index is -0.440. The number of phenolic OH excluding ortho intramolecular Hbond substituents is 2. The minimum absolute atomic E-state index is 0.0612. The number of benzene rings is 3. The highest BCUT2D eigenvalue weighted by molar-refractivity contribution is 5.84. The van der Waals surface area contributed by atoms with Gasteiger partial charge in [0.05, 0.1) is 13.0 Å². The Labute approximate surface area is 240 Å². The third-order valence-electron chi connectivity index (χ3n) is 8.86. The molecule has 3 aromatic carbocycles. The fourth-order valence-corrected chi connectivity index (χ4v) is 7.09. The molecule has 6 rings (SSSR count). The predicted molar refractivity (Wildman–Crippen MR) is 154 cm³/mol. The first-order valence-corrected chi connectivity index (χ1v) is 14.3. The molecule has 1 heterocycles. The maximum absolute atomic E-state index is 11.9. The Morgan fingerprint density at radius 3 is 2.63 bits per heavy atom. The average Bonchev–Trinajstić information content (AvgIpc) is 3.57. The van der Waals surface area contributed by atoms with Crippen molar-refractivity contribution in [2.24, 2.45) is 0 Å². The number of carbonyl (C=O) groups is 1. The van der Waals surface area contributed by atoms with Gasteiger partial charge >= 0.3 is 5.97 Å². The summed E-state index contributed by atoms with van der Waals surface area (Å²) >= 11 is 0. The lowest BCUT2D eigenvalue weighted by Crippen LogP contribution is -2.30. The summed E-state index contributed by atoms with van der Waals surface area (Å²) in [6, 6.07) is 13.0. The Kier molecular flexibility index (Phi) is 7.20. The van der Waals surface area contributed by atoms with Gasteiger partial charge in [-0.3, -0.25) is 4.79 Å². The van der Waals surface area contributed by atoms with Gasteiger partial charge < -0.3 is 34.5 Å². The number of rotatable bonds is 8. The van der Waals surface area contributed by atoms with E-state index in [1.165, 1.54) is 12.5 Å². The average molecular weight is 560 g/mol. The number of ether oxygens (including phenoxy) is 4. The van der Waals surface area contributed by atoms with Crippen LogP contribution >= 0.6 is 0 Å². The first kappa shape index (κ1) is 27.3. The van der Waals surface area contributed by atoms with Crippen LogP contribution in [0.5, 0.6) is 28.7 Å². The first-order chi connectivity index (χ1) is 19.8. The van der Waals surface area contributed by atoms with Gasteiger partial charge in [0, 0.05) is 41.6 Å². The number of methoxy groups -OCH3 is 1. The monoisotopic (exact) mass is 559 g/mol.